The third kappa shape index (κ3) is 4.46. The molecule has 0 spiro atoms. The summed E-state index contributed by atoms with van der Waals surface area (Å²) in [6.45, 7) is 5.15. The number of carbonyl (C=O) groups excluding carboxylic acids is 1. The summed E-state index contributed by atoms with van der Waals surface area (Å²) in [4.78, 5) is 13.7. The van der Waals surface area contributed by atoms with Crippen LogP contribution in [0.4, 0.5) is 4.79 Å². The van der Waals surface area contributed by atoms with Crippen molar-refractivity contribution in [3.05, 3.63) is 0 Å². The van der Waals surface area contributed by atoms with Crippen LogP contribution in [0.2, 0.25) is 0 Å². The van der Waals surface area contributed by atoms with Gasteiger partial charge in [0.2, 0.25) is 0 Å². The first-order valence-corrected chi connectivity index (χ1v) is 7.21. The molecule has 2 heterocycles. The van der Waals surface area contributed by atoms with Crippen LogP contribution < -0.4 is 10.6 Å². The van der Waals surface area contributed by atoms with Gasteiger partial charge in [0.15, 0.2) is 0 Å². The number of carbonyl (C=O) groups is 1. The number of piperidine rings is 2. The molecule has 2 aliphatic rings. The zero-order chi connectivity index (χ0) is 12.6. The maximum absolute atomic E-state index is 11.8. The van der Waals surface area contributed by atoms with Crippen molar-refractivity contribution in [2.24, 2.45) is 0 Å². The van der Waals surface area contributed by atoms with E-state index >= 15 is 0 Å². The van der Waals surface area contributed by atoms with Crippen molar-refractivity contribution in [1.82, 2.24) is 15.5 Å². The molecule has 18 heavy (non-hydrogen) atoms. The molecule has 2 N–H and O–H groups in total. The molecule has 0 radical (unpaired) electrons. The fraction of sp³-hybridized carbons (Fsp3) is 0.923. The van der Waals surface area contributed by atoms with E-state index in [1.807, 2.05) is 4.90 Å². The molecule has 2 rings (SSSR count). The van der Waals surface area contributed by atoms with E-state index in [0.29, 0.717) is 19.3 Å². The lowest BCUT2D eigenvalue weighted by atomic mass is 10.1. The van der Waals surface area contributed by atoms with Crippen LogP contribution in [0.3, 0.4) is 0 Å². The van der Waals surface area contributed by atoms with Crippen molar-refractivity contribution < 1.29 is 9.53 Å². The van der Waals surface area contributed by atoms with Gasteiger partial charge in [-0.05, 0) is 45.2 Å². The van der Waals surface area contributed by atoms with Gasteiger partial charge in [0.25, 0.3) is 0 Å². The number of likely N-dealkylation sites (tertiary alicyclic amines) is 1. The average Bonchev–Trinajstić information content (AvgIpc) is 2.45. The van der Waals surface area contributed by atoms with Crippen LogP contribution in [0.5, 0.6) is 0 Å². The topological polar surface area (TPSA) is 53.6 Å². The highest BCUT2D eigenvalue weighted by Crippen LogP contribution is 2.08. The Labute approximate surface area is 109 Å². The van der Waals surface area contributed by atoms with Gasteiger partial charge in [-0.25, -0.2) is 4.79 Å². The second kappa shape index (κ2) is 7.59. The number of nitrogens with zero attached hydrogens (tertiary/aromatic N) is 1. The van der Waals surface area contributed by atoms with Gasteiger partial charge >= 0.3 is 6.03 Å². The Morgan fingerprint density at radius 1 is 1.22 bits per heavy atom. The summed E-state index contributed by atoms with van der Waals surface area (Å²) in [5.41, 5.74) is 0. The van der Waals surface area contributed by atoms with Gasteiger partial charge in [-0.3, -0.25) is 0 Å². The normalized spacial score (nSPS) is 21.9. The first kappa shape index (κ1) is 13.6. The third-order valence-electron chi connectivity index (χ3n) is 3.66. The molecule has 0 aromatic rings. The quantitative estimate of drug-likeness (QED) is 0.735. The van der Waals surface area contributed by atoms with Gasteiger partial charge in [-0.15, -0.1) is 0 Å². The SMILES string of the molecule is O=C(NCCOC1CCNCC1)N1CCCCC1. The van der Waals surface area contributed by atoms with Gasteiger partial charge in [0.05, 0.1) is 12.7 Å². The van der Waals surface area contributed by atoms with Crippen LogP contribution in [-0.4, -0.2) is 56.4 Å². The van der Waals surface area contributed by atoms with Crippen molar-refractivity contribution in [2.75, 3.05) is 39.3 Å². The molecule has 104 valence electrons. The molecule has 5 nitrogen and oxygen atoms in total. The van der Waals surface area contributed by atoms with Gasteiger partial charge in [-0.2, -0.15) is 0 Å². The van der Waals surface area contributed by atoms with Crippen LogP contribution in [0, 0.1) is 0 Å². The lowest BCUT2D eigenvalue weighted by molar-refractivity contribution is 0.0351. The fourth-order valence-electron chi connectivity index (χ4n) is 2.55. The van der Waals surface area contributed by atoms with Crippen molar-refractivity contribution in [3.8, 4) is 0 Å². The van der Waals surface area contributed by atoms with Crippen molar-refractivity contribution in [2.45, 2.75) is 38.2 Å². The predicted octanol–water partition coefficient (Wildman–Crippen LogP) is 0.950. The zero-order valence-corrected chi connectivity index (χ0v) is 11.1. The van der Waals surface area contributed by atoms with E-state index < -0.39 is 0 Å². The molecule has 2 aliphatic heterocycles. The smallest absolute Gasteiger partial charge is 0.317 e. The highest BCUT2D eigenvalue weighted by molar-refractivity contribution is 5.74. The van der Waals surface area contributed by atoms with E-state index in [1.165, 1.54) is 6.42 Å². The summed E-state index contributed by atoms with van der Waals surface area (Å²) < 4.78 is 5.75. The maximum atomic E-state index is 11.8. The Morgan fingerprint density at radius 2 is 1.94 bits per heavy atom. The summed E-state index contributed by atoms with van der Waals surface area (Å²) in [6.07, 6.45) is 6.07. The molecule has 0 bridgehead atoms. The largest absolute Gasteiger partial charge is 0.376 e. The third-order valence-corrected chi connectivity index (χ3v) is 3.66. The minimum Gasteiger partial charge on any atom is -0.376 e. The molecule has 0 aromatic carbocycles. The Morgan fingerprint density at radius 3 is 2.67 bits per heavy atom. The second-order valence-corrected chi connectivity index (χ2v) is 5.10. The highest BCUT2D eigenvalue weighted by atomic mass is 16.5. The first-order chi connectivity index (χ1) is 8.86. The van der Waals surface area contributed by atoms with Crippen molar-refractivity contribution in [1.29, 1.82) is 0 Å². The average molecular weight is 255 g/mol. The molecule has 2 saturated heterocycles. The number of amides is 2. The van der Waals surface area contributed by atoms with E-state index in [9.17, 15) is 4.79 Å². The first-order valence-electron chi connectivity index (χ1n) is 7.21. The molecule has 0 atom stereocenters. The lowest BCUT2D eigenvalue weighted by Crippen LogP contribution is -2.44. The van der Waals surface area contributed by atoms with Crippen LogP contribution >= 0.6 is 0 Å². The van der Waals surface area contributed by atoms with Gasteiger partial charge in [-0.1, -0.05) is 0 Å². The molecule has 5 heteroatoms. The van der Waals surface area contributed by atoms with E-state index in [0.717, 1.165) is 51.9 Å². The van der Waals surface area contributed by atoms with Crippen LogP contribution in [-0.2, 0) is 4.74 Å². The van der Waals surface area contributed by atoms with Gasteiger partial charge in [0.1, 0.15) is 0 Å². The monoisotopic (exact) mass is 255 g/mol. The molecular formula is C13H25N3O2. The Kier molecular flexibility index (Phi) is 5.74. The van der Waals surface area contributed by atoms with E-state index in [4.69, 9.17) is 4.74 Å². The summed E-state index contributed by atoms with van der Waals surface area (Å²) in [5, 5.41) is 6.25. The maximum Gasteiger partial charge on any atom is 0.317 e. The summed E-state index contributed by atoms with van der Waals surface area (Å²) >= 11 is 0. The van der Waals surface area contributed by atoms with Gasteiger partial charge in [0, 0.05) is 19.6 Å². The van der Waals surface area contributed by atoms with Crippen LogP contribution in [0.1, 0.15) is 32.1 Å². The van der Waals surface area contributed by atoms with E-state index in [1.54, 1.807) is 0 Å². The number of nitrogens with one attached hydrogen (secondary N) is 2. The molecule has 0 saturated carbocycles. The number of hydrogen-bond donors (Lipinski definition) is 2. The van der Waals surface area contributed by atoms with Gasteiger partial charge < -0.3 is 20.3 Å². The van der Waals surface area contributed by atoms with Crippen LogP contribution in [0.25, 0.3) is 0 Å². The number of rotatable bonds is 4. The Bertz CT molecular complexity index is 249. The van der Waals surface area contributed by atoms with E-state index in [-0.39, 0.29) is 6.03 Å². The minimum atomic E-state index is 0.0728. The molecule has 2 amide bonds. The van der Waals surface area contributed by atoms with Crippen molar-refractivity contribution in [3.63, 3.8) is 0 Å². The minimum absolute atomic E-state index is 0.0728. The predicted molar refractivity (Wildman–Crippen MR) is 70.7 cm³/mol. The van der Waals surface area contributed by atoms with E-state index in [2.05, 4.69) is 10.6 Å². The summed E-state index contributed by atoms with van der Waals surface area (Å²) in [5.74, 6) is 0. The standard InChI is InChI=1S/C13H25N3O2/c17-13(16-9-2-1-3-10-16)15-8-11-18-12-4-6-14-7-5-12/h12,14H,1-11H2,(H,15,17). The summed E-state index contributed by atoms with van der Waals surface area (Å²) in [7, 11) is 0. The molecule has 0 unspecified atom stereocenters. The molecule has 2 fully saturated rings. The lowest BCUT2D eigenvalue weighted by Gasteiger charge is -2.27. The molecular weight excluding hydrogens is 230 g/mol. The van der Waals surface area contributed by atoms with Crippen molar-refractivity contribution >= 4 is 6.03 Å². The Balaban J connectivity index is 1.52. The Hall–Kier alpha value is -0.810. The molecule has 0 aromatic heterocycles. The molecule has 0 aliphatic carbocycles. The highest BCUT2D eigenvalue weighted by Gasteiger charge is 2.16. The fourth-order valence-corrected chi connectivity index (χ4v) is 2.55. The number of hydrogen-bond acceptors (Lipinski definition) is 3. The second-order valence-electron chi connectivity index (χ2n) is 5.10. The summed E-state index contributed by atoms with van der Waals surface area (Å²) in [6, 6.07) is 0.0728. The zero-order valence-electron chi connectivity index (χ0n) is 11.1. The number of ether oxygens (including phenoxy) is 1. The van der Waals surface area contributed by atoms with Crippen LogP contribution in [0.15, 0.2) is 0 Å². The number of urea groups is 1.